The lowest BCUT2D eigenvalue weighted by Crippen LogP contribution is -2.23. The third kappa shape index (κ3) is 5.83. The fraction of sp³-hybridized carbons (Fsp3) is 0.158. The zero-order chi connectivity index (χ0) is 21.7. The Morgan fingerprint density at radius 1 is 1.07 bits per heavy atom. The first kappa shape index (κ1) is 21.8. The summed E-state index contributed by atoms with van der Waals surface area (Å²) in [6.45, 7) is -0.173. The van der Waals surface area contributed by atoms with Gasteiger partial charge >= 0.3 is 6.18 Å². The van der Waals surface area contributed by atoms with Gasteiger partial charge in [0.25, 0.3) is 11.1 Å². The molecule has 0 aliphatic rings. The van der Waals surface area contributed by atoms with Crippen molar-refractivity contribution in [1.29, 1.82) is 0 Å². The van der Waals surface area contributed by atoms with E-state index < -0.39 is 17.6 Å². The lowest BCUT2D eigenvalue weighted by molar-refractivity contribution is -0.137. The van der Waals surface area contributed by atoms with Crippen molar-refractivity contribution < 1.29 is 27.2 Å². The molecule has 1 N–H and O–H groups in total. The number of ketones is 1. The maximum Gasteiger partial charge on any atom is 0.416 e. The van der Waals surface area contributed by atoms with Gasteiger partial charge in [-0.25, -0.2) is 0 Å². The number of aromatic nitrogens is 2. The smallest absolute Gasteiger partial charge is 0.414 e. The van der Waals surface area contributed by atoms with Gasteiger partial charge in [-0.1, -0.05) is 29.4 Å². The minimum Gasteiger partial charge on any atom is -0.414 e. The predicted octanol–water partition coefficient (Wildman–Crippen LogP) is 4.65. The highest BCUT2D eigenvalue weighted by Crippen LogP contribution is 2.29. The Morgan fingerprint density at radius 3 is 2.50 bits per heavy atom. The zero-order valence-electron chi connectivity index (χ0n) is 15.1. The van der Waals surface area contributed by atoms with Crippen molar-refractivity contribution in [1.82, 2.24) is 15.5 Å². The Bertz CT molecular complexity index is 1050. The Balaban J connectivity index is 1.52. The second-order valence-corrected chi connectivity index (χ2v) is 7.30. The third-order valence-corrected chi connectivity index (χ3v) is 4.86. The first-order valence-electron chi connectivity index (χ1n) is 8.42. The number of carbonyl (C=O) groups is 2. The van der Waals surface area contributed by atoms with E-state index in [2.05, 4.69) is 15.5 Å². The monoisotopic (exact) mass is 455 g/mol. The van der Waals surface area contributed by atoms with Crippen LogP contribution in [0, 0.1) is 0 Å². The second-order valence-electron chi connectivity index (χ2n) is 5.94. The standard InChI is InChI=1S/C19H13ClF3N3O3S/c20-14-6-4-11(5-7-14)15(27)10-30-18-26-25-16(29-18)9-24-17(28)12-2-1-3-13(8-12)19(21,22)23/h1-8H,9-10H2,(H,24,28). The van der Waals surface area contributed by atoms with E-state index in [1.807, 2.05) is 0 Å². The molecule has 2 aromatic carbocycles. The Morgan fingerprint density at radius 2 is 1.80 bits per heavy atom. The Labute approximate surface area is 177 Å². The van der Waals surface area contributed by atoms with E-state index in [1.165, 1.54) is 6.07 Å². The maximum absolute atomic E-state index is 12.7. The SMILES string of the molecule is O=C(CSc1nnc(CNC(=O)c2cccc(C(F)(F)F)c2)o1)c1ccc(Cl)cc1. The highest BCUT2D eigenvalue weighted by atomic mass is 35.5. The van der Waals surface area contributed by atoms with Crippen LogP contribution in [0.1, 0.15) is 32.2 Å². The molecule has 3 rings (SSSR count). The summed E-state index contributed by atoms with van der Waals surface area (Å²) in [7, 11) is 0. The van der Waals surface area contributed by atoms with Crippen molar-refractivity contribution in [2.75, 3.05) is 5.75 Å². The highest BCUT2D eigenvalue weighted by molar-refractivity contribution is 7.99. The van der Waals surface area contributed by atoms with Gasteiger partial charge in [0.05, 0.1) is 17.9 Å². The van der Waals surface area contributed by atoms with E-state index in [1.54, 1.807) is 24.3 Å². The second kappa shape index (κ2) is 9.31. The van der Waals surface area contributed by atoms with E-state index in [9.17, 15) is 22.8 Å². The summed E-state index contributed by atoms with van der Waals surface area (Å²) in [6.07, 6.45) is -4.54. The summed E-state index contributed by atoms with van der Waals surface area (Å²) < 4.78 is 43.6. The van der Waals surface area contributed by atoms with E-state index in [0.717, 1.165) is 30.0 Å². The summed E-state index contributed by atoms with van der Waals surface area (Å²) >= 11 is 6.80. The van der Waals surface area contributed by atoms with Crippen molar-refractivity contribution in [2.45, 2.75) is 17.9 Å². The number of nitrogens with zero attached hydrogens (tertiary/aromatic N) is 2. The van der Waals surface area contributed by atoms with Crippen LogP contribution >= 0.6 is 23.4 Å². The number of alkyl halides is 3. The molecule has 0 atom stereocenters. The van der Waals surface area contributed by atoms with Crippen molar-refractivity contribution >= 4 is 35.1 Å². The number of rotatable bonds is 7. The molecule has 0 fully saturated rings. The van der Waals surface area contributed by atoms with Crippen LogP contribution < -0.4 is 5.32 Å². The van der Waals surface area contributed by atoms with Gasteiger partial charge in [0.1, 0.15) is 0 Å². The van der Waals surface area contributed by atoms with Crippen LogP contribution in [0.4, 0.5) is 13.2 Å². The van der Waals surface area contributed by atoms with Crippen LogP contribution in [0.15, 0.2) is 58.2 Å². The first-order valence-corrected chi connectivity index (χ1v) is 9.78. The summed E-state index contributed by atoms with van der Waals surface area (Å²) in [5, 5.41) is 10.6. The van der Waals surface area contributed by atoms with E-state index in [4.69, 9.17) is 16.0 Å². The number of nitrogens with one attached hydrogen (secondary N) is 1. The normalized spacial score (nSPS) is 11.3. The maximum atomic E-state index is 12.7. The van der Waals surface area contributed by atoms with Crippen LogP contribution in [0.25, 0.3) is 0 Å². The molecule has 0 aliphatic carbocycles. The molecule has 0 spiro atoms. The van der Waals surface area contributed by atoms with Crippen molar-refractivity contribution in [3.63, 3.8) is 0 Å². The largest absolute Gasteiger partial charge is 0.416 e. The molecule has 30 heavy (non-hydrogen) atoms. The van der Waals surface area contributed by atoms with Gasteiger partial charge in [-0.05, 0) is 42.5 Å². The molecule has 6 nitrogen and oxygen atoms in total. The van der Waals surface area contributed by atoms with Crippen molar-refractivity contribution in [2.24, 2.45) is 0 Å². The lowest BCUT2D eigenvalue weighted by atomic mass is 10.1. The van der Waals surface area contributed by atoms with Gasteiger partial charge in [-0.2, -0.15) is 13.2 Å². The molecule has 0 saturated carbocycles. The average molecular weight is 456 g/mol. The van der Waals surface area contributed by atoms with Crippen molar-refractivity contribution in [3.8, 4) is 0 Å². The number of thioether (sulfide) groups is 1. The number of halogens is 4. The molecule has 0 bridgehead atoms. The van der Waals surface area contributed by atoms with Gasteiger partial charge in [0.2, 0.25) is 5.89 Å². The molecule has 0 saturated heterocycles. The first-order chi connectivity index (χ1) is 14.2. The Kier molecular flexibility index (Phi) is 6.78. The van der Waals surface area contributed by atoms with Gasteiger partial charge < -0.3 is 9.73 Å². The highest BCUT2D eigenvalue weighted by Gasteiger charge is 2.30. The molecule has 1 aromatic heterocycles. The quantitative estimate of drug-likeness (QED) is 0.412. The van der Waals surface area contributed by atoms with Crippen LogP contribution in [-0.4, -0.2) is 27.6 Å². The number of Topliss-reactive ketones (excluding diaryl/α,β-unsaturated/α-hetero) is 1. The molecular weight excluding hydrogens is 443 g/mol. The number of benzene rings is 2. The minimum atomic E-state index is -4.54. The van der Waals surface area contributed by atoms with Crippen LogP contribution in [0.5, 0.6) is 0 Å². The molecular formula is C19H13ClF3N3O3S. The Hall–Kier alpha value is -2.85. The summed E-state index contributed by atoms with van der Waals surface area (Å²) in [6, 6.07) is 10.5. The van der Waals surface area contributed by atoms with Gasteiger partial charge in [-0.3, -0.25) is 9.59 Å². The zero-order valence-corrected chi connectivity index (χ0v) is 16.6. The van der Waals surface area contributed by atoms with Crippen molar-refractivity contribution in [3.05, 3.63) is 76.1 Å². The van der Waals surface area contributed by atoms with Crippen LogP contribution in [-0.2, 0) is 12.7 Å². The number of amides is 1. The predicted molar refractivity (Wildman–Crippen MR) is 103 cm³/mol. The molecule has 0 aliphatic heterocycles. The number of hydrogen-bond acceptors (Lipinski definition) is 6. The molecule has 156 valence electrons. The third-order valence-electron chi connectivity index (χ3n) is 3.79. The van der Waals surface area contributed by atoms with Gasteiger partial charge in [0, 0.05) is 16.1 Å². The summed E-state index contributed by atoms with van der Waals surface area (Å²) in [5.41, 5.74) is -0.579. The fourth-order valence-corrected chi connectivity index (χ4v) is 3.11. The topological polar surface area (TPSA) is 85.1 Å². The minimum absolute atomic E-state index is 0.0526. The van der Waals surface area contributed by atoms with E-state index in [0.29, 0.717) is 10.6 Å². The molecule has 0 unspecified atom stereocenters. The fourth-order valence-electron chi connectivity index (χ4n) is 2.31. The molecule has 1 heterocycles. The van der Waals surface area contributed by atoms with Gasteiger partial charge in [0.15, 0.2) is 5.78 Å². The molecule has 0 radical (unpaired) electrons. The summed E-state index contributed by atoms with van der Waals surface area (Å²) in [4.78, 5) is 24.2. The average Bonchev–Trinajstić information content (AvgIpc) is 3.18. The molecule has 11 heteroatoms. The van der Waals surface area contributed by atoms with E-state index in [-0.39, 0.29) is 34.8 Å². The number of carbonyl (C=O) groups excluding carboxylic acids is 2. The van der Waals surface area contributed by atoms with E-state index >= 15 is 0 Å². The van der Waals surface area contributed by atoms with Crippen LogP contribution in [0.2, 0.25) is 5.02 Å². The van der Waals surface area contributed by atoms with Crippen LogP contribution in [0.3, 0.4) is 0 Å². The lowest BCUT2D eigenvalue weighted by Gasteiger charge is -2.08. The summed E-state index contributed by atoms with van der Waals surface area (Å²) in [5.74, 6) is -0.766. The van der Waals surface area contributed by atoms with Gasteiger partial charge in [-0.15, -0.1) is 10.2 Å². The molecule has 3 aromatic rings. The number of hydrogen-bond donors (Lipinski definition) is 1. The molecule has 1 amide bonds.